The lowest BCUT2D eigenvalue weighted by atomic mass is 10.4. The van der Waals surface area contributed by atoms with Gasteiger partial charge in [-0.2, -0.15) is 5.10 Å². The number of rotatable bonds is 5. The summed E-state index contributed by atoms with van der Waals surface area (Å²) in [4.78, 5) is 26.1. The van der Waals surface area contributed by atoms with Crippen molar-refractivity contribution in [1.29, 1.82) is 0 Å². The zero-order valence-electron chi connectivity index (χ0n) is 10.7. The zero-order chi connectivity index (χ0) is 14.5. The number of nitrogens with zero attached hydrogens (tertiary/aromatic N) is 3. The largest absolute Gasteiger partial charge is 0.476 e. The van der Waals surface area contributed by atoms with Crippen molar-refractivity contribution >= 4 is 23.3 Å². The fourth-order valence-corrected chi connectivity index (χ4v) is 2.14. The summed E-state index contributed by atoms with van der Waals surface area (Å²) in [6.45, 7) is 0.511. The molecule has 0 saturated carbocycles. The molecule has 2 amide bonds. The SMILES string of the molecule is Cn1ccc(CNC(=O)NCc2nc(C(=O)O)cs2)n1. The Bertz CT molecular complexity index is 621. The number of carboxylic acids is 1. The highest BCUT2D eigenvalue weighted by Crippen LogP contribution is 2.09. The van der Waals surface area contributed by atoms with Gasteiger partial charge in [0.15, 0.2) is 5.69 Å². The lowest BCUT2D eigenvalue weighted by Crippen LogP contribution is -2.34. The molecule has 0 aromatic carbocycles. The van der Waals surface area contributed by atoms with E-state index < -0.39 is 5.97 Å². The number of urea groups is 1. The number of carboxylic acid groups (broad SMARTS) is 1. The number of aryl methyl sites for hydroxylation is 1. The first-order valence-electron chi connectivity index (χ1n) is 5.72. The summed E-state index contributed by atoms with van der Waals surface area (Å²) >= 11 is 1.19. The molecule has 0 aliphatic rings. The van der Waals surface area contributed by atoms with E-state index in [4.69, 9.17) is 5.11 Å². The second-order valence-corrected chi connectivity index (χ2v) is 4.89. The summed E-state index contributed by atoms with van der Waals surface area (Å²) in [7, 11) is 1.80. The number of hydrogen-bond acceptors (Lipinski definition) is 5. The second kappa shape index (κ2) is 6.15. The number of nitrogens with one attached hydrogen (secondary N) is 2. The van der Waals surface area contributed by atoms with Crippen LogP contribution in [0.3, 0.4) is 0 Å². The second-order valence-electron chi connectivity index (χ2n) is 3.95. The Morgan fingerprint density at radius 2 is 2.15 bits per heavy atom. The third-order valence-electron chi connectivity index (χ3n) is 2.37. The Labute approximate surface area is 118 Å². The number of hydrogen-bond donors (Lipinski definition) is 3. The van der Waals surface area contributed by atoms with Gasteiger partial charge in [-0.3, -0.25) is 4.68 Å². The first-order chi connectivity index (χ1) is 9.54. The Morgan fingerprint density at radius 3 is 2.75 bits per heavy atom. The van der Waals surface area contributed by atoms with Gasteiger partial charge in [0.25, 0.3) is 0 Å². The van der Waals surface area contributed by atoms with Crippen LogP contribution in [-0.2, 0) is 20.1 Å². The molecule has 2 heterocycles. The van der Waals surface area contributed by atoms with Crippen LogP contribution in [0.2, 0.25) is 0 Å². The van der Waals surface area contributed by atoms with Gasteiger partial charge in [-0.1, -0.05) is 0 Å². The average Bonchev–Trinajstić information content (AvgIpc) is 3.03. The molecule has 0 spiro atoms. The Morgan fingerprint density at radius 1 is 1.40 bits per heavy atom. The minimum Gasteiger partial charge on any atom is -0.476 e. The molecular formula is C11H13N5O3S. The summed E-state index contributed by atoms with van der Waals surface area (Å²) in [5, 5.41) is 20.1. The third-order valence-corrected chi connectivity index (χ3v) is 3.22. The van der Waals surface area contributed by atoms with E-state index in [2.05, 4.69) is 20.7 Å². The van der Waals surface area contributed by atoms with Gasteiger partial charge in [0.05, 0.1) is 18.8 Å². The number of carbonyl (C=O) groups is 2. The van der Waals surface area contributed by atoms with Crippen LogP contribution in [0.4, 0.5) is 4.79 Å². The maximum atomic E-state index is 11.5. The molecule has 0 aliphatic carbocycles. The molecule has 0 fully saturated rings. The summed E-state index contributed by atoms with van der Waals surface area (Å²) in [6.07, 6.45) is 1.79. The van der Waals surface area contributed by atoms with Crippen LogP contribution in [0.25, 0.3) is 0 Å². The first-order valence-corrected chi connectivity index (χ1v) is 6.60. The smallest absolute Gasteiger partial charge is 0.355 e. The van der Waals surface area contributed by atoms with Gasteiger partial charge in [0, 0.05) is 18.6 Å². The molecule has 2 rings (SSSR count). The topological polar surface area (TPSA) is 109 Å². The predicted molar refractivity (Wildman–Crippen MR) is 71.4 cm³/mol. The third kappa shape index (κ3) is 3.79. The van der Waals surface area contributed by atoms with Crippen LogP contribution in [0.1, 0.15) is 21.2 Å². The van der Waals surface area contributed by atoms with Crippen LogP contribution in [0.5, 0.6) is 0 Å². The highest BCUT2D eigenvalue weighted by Gasteiger charge is 2.09. The number of thiazole rings is 1. The molecule has 0 aliphatic heterocycles. The van der Waals surface area contributed by atoms with Crippen LogP contribution in [-0.4, -0.2) is 31.9 Å². The van der Waals surface area contributed by atoms with E-state index in [1.807, 2.05) is 0 Å². The first kappa shape index (κ1) is 14.0. The van der Waals surface area contributed by atoms with Gasteiger partial charge < -0.3 is 15.7 Å². The number of aromatic carboxylic acids is 1. The molecule has 20 heavy (non-hydrogen) atoms. The van der Waals surface area contributed by atoms with Crippen molar-refractivity contribution < 1.29 is 14.7 Å². The molecule has 0 atom stereocenters. The van der Waals surface area contributed by atoms with Gasteiger partial charge in [0.1, 0.15) is 5.01 Å². The average molecular weight is 295 g/mol. The molecule has 2 aromatic heterocycles. The quantitative estimate of drug-likeness (QED) is 0.747. The monoisotopic (exact) mass is 295 g/mol. The summed E-state index contributed by atoms with van der Waals surface area (Å²) in [6, 6.07) is 1.45. The van der Waals surface area contributed by atoms with E-state index in [9.17, 15) is 9.59 Å². The maximum Gasteiger partial charge on any atom is 0.355 e. The lowest BCUT2D eigenvalue weighted by Gasteiger charge is -2.04. The van der Waals surface area contributed by atoms with Crippen LogP contribution >= 0.6 is 11.3 Å². The fraction of sp³-hybridized carbons (Fsp3) is 0.273. The summed E-state index contributed by atoms with van der Waals surface area (Å²) in [5.41, 5.74) is 0.741. The molecule has 0 bridgehead atoms. The van der Waals surface area contributed by atoms with E-state index in [-0.39, 0.29) is 18.3 Å². The molecule has 8 nitrogen and oxygen atoms in total. The normalized spacial score (nSPS) is 10.2. The molecular weight excluding hydrogens is 282 g/mol. The highest BCUT2D eigenvalue weighted by molar-refractivity contribution is 7.09. The molecule has 0 saturated heterocycles. The van der Waals surface area contributed by atoms with Crippen molar-refractivity contribution in [2.45, 2.75) is 13.1 Å². The Hall–Kier alpha value is -2.42. The van der Waals surface area contributed by atoms with E-state index >= 15 is 0 Å². The maximum absolute atomic E-state index is 11.5. The number of amides is 2. The molecule has 2 aromatic rings. The van der Waals surface area contributed by atoms with Gasteiger partial charge >= 0.3 is 12.0 Å². The van der Waals surface area contributed by atoms with Gasteiger partial charge in [-0.15, -0.1) is 11.3 Å². The van der Waals surface area contributed by atoms with Crippen LogP contribution < -0.4 is 10.6 Å². The summed E-state index contributed by atoms with van der Waals surface area (Å²) in [5.74, 6) is -1.08. The lowest BCUT2D eigenvalue weighted by molar-refractivity contribution is 0.0691. The Balaban J connectivity index is 1.75. The minimum atomic E-state index is -1.08. The highest BCUT2D eigenvalue weighted by atomic mass is 32.1. The molecule has 106 valence electrons. The van der Waals surface area contributed by atoms with Crippen LogP contribution in [0, 0.1) is 0 Å². The number of aromatic nitrogens is 3. The van der Waals surface area contributed by atoms with Gasteiger partial charge in [0.2, 0.25) is 0 Å². The number of carbonyl (C=O) groups excluding carboxylic acids is 1. The van der Waals surface area contributed by atoms with E-state index in [1.165, 1.54) is 16.7 Å². The molecule has 0 unspecified atom stereocenters. The van der Waals surface area contributed by atoms with Crippen molar-refractivity contribution in [3.8, 4) is 0 Å². The van der Waals surface area contributed by atoms with Crippen molar-refractivity contribution in [1.82, 2.24) is 25.4 Å². The molecule has 3 N–H and O–H groups in total. The molecule has 9 heteroatoms. The van der Waals surface area contributed by atoms with Crippen LogP contribution in [0.15, 0.2) is 17.6 Å². The van der Waals surface area contributed by atoms with E-state index in [0.717, 1.165) is 5.69 Å². The molecule has 0 radical (unpaired) electrons. The van der Waals surface area contributed by atoms with Gasteiger partial charge in [-0.05, 0) is 6.07 Å². The van der Waals surface area contributed by atoms with Crippen molar-refractivity contribution in [3.63, 3.8) is 0 Å². The predicted octanol–water partition coefficient (Wildman–Crippen LogP) is 0.574. The summed E-state index contributed by atoms with van der Waals surface area (Å²) < 4.78 is 1.65. The van der Waals surface area contributed by atoms with Crippen molar-refractivity contribution in [2.75, 3.05) is 0 Å². The van der Waals surface area contributed by atoms with Crippen molar-refractivity contribution in [2.24, 2.45) is 7.05 Å². The van der Waals surface area contributed by atoms with E-state index in [1.54, 1.807) is 24.0 Å². The standard InChI is InChI=1S/C11H13N5O3S/c1-16-3-2-7(15-16)4-12-11(19)13-5-9-14-8(6-20-9)10(17)18/h2-3,6H,4-5H2,1H3,(H,17,18)(H2,12,13,19). The minimum absolute atomic E-state index is 0.0132. The fourth-order valence-electron chi connectivity index (χ4n) is 1.44. The zero-order valence-corrected chi connectivity index (χ0v) is 11.5. The van der Waals surface area contributed by atoms with E-state index in [0.29, 0.717) is 11.6 Å². The van der Waals surface area contributed by atoms with Gasteiger partial charge in [-0.25, -0.2) is 14.6 Å². The van der Waals surface area contributed by atoms with Crippen molar-refractivity contribution in [3.05, 3.63) is 34.0 Å². The Kier molecular flexibility index (Phi) is 4.31.